The molecule has 3 heteroatoms. The average Bonchev–Trinajstić information content (AvgIpc) is 2.83. The van der Waals surface area contributed by atoms with E-state index in [4.69, 9.17) is 10.7 Å². The van der Waals surface area contributed by atoms with E-state index in [-0.39, 0.29) is 0 Å². The lowest BCUT2D eigenvalue weighted by Crippen LogP contribution is -2.03. The van der Waals surface area contributed by atoms with Crippen molar-refractivity contribution in [1.29, 1.82) is 0 Å². The lowest BCUT2D eigenvalue weighted by molar-refractivity contribution is 0.688. The molecule has 3 nitrogen and oxygen atoms in total. The molecule has 2 aliphatic rings. The molecule has 0 amide bonds. The predicted molar refractivity (Wildman–Crippen MR) is 59.7 cm³/mol. The van der Waals surface area contributed by atoms with Gasteiger partial charge in [-0.05, 0) is 25.7 Å². The molecule has 2 saturated carbocycles. The van der Waals surface area contributed by atoms with Crippen molar-refractivity contribution in [3.05, 3.63) is 17.2 Å². The van der Waals surface area contributed by atoms with Crippen LogP contribution in [0.5, 0.6) is 0 Å². The summed E-state index contributed by atoms with van der Waals surface area (Å²) in [6.45, 7) is 0.617. The first-order valence-corrected chi connectivity index (χ1v) is 6.17. The molecular weight excluding hydrogens is 186 g/mol. The fourth-order valence-corrected chi connectivity index (χ4v) is 2.69. The third kappa shape index (κ3) is 1.69. The summed E-state index contributed by atoms with van der Waals surface area (Å²) in [5.74, 6) is 2.61. The molecular formula is C12H19N3. The Labute approximate surface area is 90.5 Å². The van der Waals surface area contributed by atoms with Crippen molar-refractivity contribution < 1.29 is 0 Å². The van der Waals surface area contributed by atoms with Gasteiger partial charge in [0.05, 0.1) is 11.4 Å². The van der Waals surface area contributed by atoms with Crippen molar-refractivity contribution in [2.45, 2.75) is 56.9 Å². The zero-order chi connectivity index (χ0) is 10.3. The molecule has 0 atom stereocenters. The second-order valence-corrected chi connectivity index (χ2v) is 4.95. The van der Waals surface area contributed by atoms with Crippen LogP contribution in [0.1, 0.15) is 67.6 Å². The van der Waals surface area contributed by atoms with Crippen molar-refractivity contribution >= 4 is 0 Å². The molecule has 2 aliphatic carbocycles. The fourth-order valence-electron chi connectivity index (χ4n) is 2.69. The maximum Gasteiger partial charge on any atom is 0.109 e. The van der Waals surface area contributed by atoms with Crippen LogP contribution in [0.2, 0.25) is 0 Å². The maximum atomic E-state index is 5.78. The third-order valence-corrected chi connectivity index (χ3v) is 3.74. The van der Waals surface area contributed by atoms with Gasteiger partial charge in [-0.15, -0.1) is 0 Å². The summed E-state index contributed by atoms with van der Waals surface area (Å²) in [6, 6.07) is 0. The van der Waals surface area contributed by atoms with Gasteiger partial charge in [-0.1, -0.05) is 12.8 Å². The molecule has 2 fully saturated rings. The molecule has 0 aromatic carbocycles. The summed E-state index contributed by atoms with van der Waals surface area (Å²) >= 11 is 0. The Morgan fingerprint density at radius 2 is 1.87 bits per heavy atom. The normalized spacial score (nSPS) is 22.5. The van der Waals surface area contributed by atoms with E-state index in [1.165, 1.54) is 55.7 Å². The Bertz CT molecular complexity index is 346. The third-order valence-electron chi connectivity index (χ3n) is 3.74. The number of aromatic nitrogens is 2. The Morgan fingerprint density at radius 3 is 2.47 bits per heavy atom. The highest BCUT2D eigenvalue weighted by atomic mass is 15.0. The van der Waals surface area contributed by atoms with Gasteiger partial charge in [0.15, 0.2) is 0 Å². The van der Waals surface area contributed by atoms with Crippen molar-refractivity contribution in [1.82, 2.24) is 9.97 Å². The maximum absolute atomic E-state index is 5.78. The van der Waals surface area contributed by atoms with Crippen molar-refractivity contribution in [3.63, 3.8) is 0 Å². The number of rotatable bonds is 3. The standard InChI is InChI=1S/C12H19N3/c13-7-10-11(8-3-1-2-4-8)15-12(14-10)9-5-6-9/h8-9H,1-7,13H2,(H,14,15). The SMILES string of the molecule is NCc1[nH]c(C2CC2)nc1C1CCCC1. The molecule has 1 heterocycles. The van der Waals surface area contributed by atoms with E-state index in [0.29, 0.717) is 18.4 Å². The van der Waals surface area contributed by atoms with Crippen LogP contribution in [0.25, 0.3) is 0 Å². The summed E-state index contributed by atoms with van der Waals surface area (Å²) in [7, 11) is 0. The first-order valence-electron chi connectivity index (χ1n) is 6.17. The zero-order valence-corrected chi connectivity index (χ0v) is 9.13. The summed E-state index contributed by atoms with van der Waals surface area (Å²) < 4.78 is 0. The van der Waals surface area contributed by atoms with Crippen molar-refractivity contribution in [3.8, 4) is 0 Å². The molecule has 0 spiro atoms. The molecule has 3 N–H and O–H groups in total. The van der Waals surface area contributed by atoms with Crippen LogP contribution < -0.4 is 5.73 Å². The Hall–Kier alpha value is -0.830. The topological polar surface area (TPSA) is 54.7 Å². The van der Waals surface area contributed by atoms with Crippen LogP contribution in [-0.4, -0.2) is 9.97 Å². The van der Waals surface area contributed by atoms with E-state index >= 15 is 0 Å². The highest BCUT2D eigenvalue weighted by Crippen LogP contribution is 2.41. The van der Waals surface area contributed by atoms with Crippen LogP contribution in [0.3, 0.4) is 0 Å². The number of H-pyrrole nitrogens is 1. The number of nitrogens with two attached hydrogens (primary N) is 1. The van der Waals surface area contributed by atoms with Crippen LogP contribution in [0.4, 0.5) is 0 Å². The van der Waals surface area contributed by atoms with Gasteiger partial charge in [-0.25, -0.2) is 4.98 Å². The molecule has 1 aromatic heterocycles. The minimum atomic E-state index is 0.617. The number of nitrogens with one attached hydrogen (secondary N) is 1. The first kappa shape index (κ1) is 9.40. The number of hydrogen-bond acceptors (Lipinski definition) is 2. The summed E-state index contributed by atoms with van der Waals surface area (Å²) in [6.07, 6.45) is 7.95. The molecule has 0 saturated heterocycles. The largest absolute Gasteiger partial charge is 0.344 e. The van der Waals surface area contributed by atoms with Gasteiger partial charge in [0.2, 0.25) is 0 Å². The molecule has 0 aliphatic heterocycles. The smallest absolute Gasteiger partial charge is 0.109 e. The molecule has 0 unspecified atom stereocenters. The Balaban J connectivity index is 1.89. The fraction of sp³-hybridized carbons (Fsp3) is 0.750. The number of imidazole rings is 1. The lowest BCUT2D eigenvalue weighted by atomic mass is 10.0. The van der Waals surface area contributed by atoms with E-state index in [1.54, 1.807) is 0 Å². The van der Waals surface area contributed by atoms with E-state index in [1.807, 2.05) is 0 Å². The van der Waals surface area contributed by atoms with E-state index in [9.17, 15) is 0 Å². The molecule has 3 rings (SSSR count). The average molecular weight is 205 g/mol. The van der Waals surface area contributed by atoms with E-state index < -0.39 is 0 Å². The summed E-state index contributed by atoms with van der Waals surface area (Å²) in [5, 5.41) is 0. The molecule has 1 aromatic rings. The summed E-state index contributed by atoms with van der Waals surface area (Å²) in [5.41, 5.74) is 8.27. The first-order chi connectivity index (χ1) is 7.38. The van der Waals surface area contributed by atoms with Gasteiger partial charge >= 0.3 is 0 Å². The van der Waals surface area contributed by atoms with E-state index in [0.717, 1.165) is 0 Å². The minimum absolute atomic E-state index is 0.617. The van der Waals surface area contributed by atoms with Gasteiger partial charge in [0.25, 0.3) is 0 Å². The minimum Gasteiger partial charge on any atom is -0.344 e. The van der Waals surface area contributed by atoms with Gasteiger partial charge < -0.3 is 10.7 Å². The van der Waals surface area contributed by atoms with Gasteiger partial charge in [-0.2, -0.15) is 0 Å². The van der Waals surface area contributed by atoms with Crippen LogP contribution in [0.15, 0.2) is 0 Å². The predicted octanol–water partition coefficient (Wildman–Crippen LogP) is 2.40. The molecule has 0 radical (unpaired) electrons. The van der Waals surface area contributed by atoms with Gasteiger partial charge in [0, 0.05) is 18.4 Å². The molecule has 15 heavy (non-hydrogen) atoms. The van der Waals surface area contributed by atoms with E-state index in [2.05, 4.69) is 4.98 Å². The highest BCUT2D eigenvalue weighted by molar-refractivity contribution is 5.23. The zero-order valence-electron chi connectivity index (χ0n) is 9.13. The lowest BCUT2D eigenvalue weighted by Gasteiger charge is -2.06. The van der Waals surface area contributed by atoms with Crippen molar-refractivity contribution in [2.24, 2.45) is 5.73 Å². The highest BCUT2D eigenvalue weighted by Gasteiger charge is 2.30. The Kier molecular flexibility index (Phi) is 2.28. The van der Waals surface area contributed by atoms with Crippen LogP contribution in [-0.2, 0) is 6.54 Å². The monoisotopic (exact) mass is 205 g/mol. The molecule has 0 bridgehead atoms. The van der Waals surface area contributed by atoms with Gasteiger partial charge in [0.1, 0.15) is 5.82 Å². The van der Waals surface area contributed by atoms with Crippen molar-refractivity contribution in [2.75, 3.05) is 0 Å². The van der Waals surface area contributed by atoms with Crippen LogP contribution >= 0.6 is 0 Å². The number of nitrogens with zero attached hydrogens (tertiary/aromatic N) is 1. The van der Waals surface area contributed by atoms with Gasteiger partial charge in [-0.3, -0.25) is 0 Å². The summed E-state index contributed by atoms with van der Waals surface area (Å²) in [4.78, 5) is 8.22. The second-order valence-electron chi connectivity index (χ2n) is 4.95. The van der Waals surface area contributed by atoms with Crippen LogP contribution in [0, 0.1) is 0 Å². The second kappa shape index (κ2) is 3.63. The Morgan fingerprint density at radius 1 is 1.13 bits per heavy atom. The molecule has 82 valence electrons. The quantitative estimate of drug-likeness (QED) is 0.796. The number of aromatic amines is 1. The number of hydrogen-bond donors (Lipinski definition) is 2.